The Balaban J connectivity index is 2.02. The maximum absolute atomic E-state index is 12.3. The molecular weight excluding hydrogens is 322 g/mol. The highest BCUT2D eigenvalue weighted by atomic mass is 79.9. The summed E-state index contributed by atoms with van der Waals surface area (Å²) in [5.41, 5.74) is 0.570. The molecule has 1 saturated heterocycles. The maximum atomic E-state index is 12.3. The first-order valence-corrected chi connectivity index (χ1v) is 7.60. The molecular formula is C14H20BrN3O2. The number of hydrogen-bond acceptors (Lipinski definition) is 4. The van der Waals surface area contributed by atoms with E-state index in [1.54, 1.807) is 12.3 Å². The van der Waals surface area contributed by atoms with E-state index in [1.165, 1.54) is 6.42 Å². The Morgan fingerprint density at radius 1 is 1.55 bits per heavy atom. The van der Waals surface area contributed by atoms with Gasteiger partial charge in [0.05, 0.1) is 11.7 Å². The Hall–Kier alpha value is -1.14. The number of anilines is 1. The van der Waals surface area contributed by atoms with Gasteiger partial charge in [0.2, 0.25) is 0 Å². The molecule has 1 aromatic rings. The van der Waals surface area contributed by atoms with Crippen LogP contribution < -0.4 is 10.2 Å². The molecule has 0 spiro atoms. The molecule has 110 valence electrons. The van der Waals surface area contributed by atoms with E-state index in [4.69, 9.17) is 4.74 Å². The Bertz CT molecular complexity index is 473. The normalized spacial score (nSPS) is 18.6. The average molecular weight is 342 g/mol. The van der Waals surface area contributed by atoms with Crippen LogP contribution in [0.25, 0.3) is 0 Å². The molecule has 1 unspecified atom stereocenters. The lowest BCUT2D eigenvalue weighted by Gasteiger charge is -2.23. The molecule has 0 aromatic carbocycles. The molecule has 1 aliphatic heterocycles. The van der Waals surface area contributed by atoms with Crippen LogP contribution in [0.3, 0.4) is 0 Å². The highest BCUT2D eigenvalue weighted by molar-refractivity contribution is 9.10. The van der Waals surface area contributed by atoms with E-state index in [-0.39, 0.29) is 12.0 Å². The topological polar surface area (TPSA) is 54.5 Å². The van der Waals surface area contributed by atoms with Crippen molar-refractivity contribution in [3.05, 3.63) is 22.3 Å². The van der Waals surface area contributed by atoms with Crippen LogP contribution in [-0.4, -0.2) is 44.2 Å². The zero-order chi connectivity index (χ0) is 14.5. The van der Waals surface area contributed by atoms with Gasteiger partial charge < -0.3 is 15.0 Å². The molecule has 1 amide bonds. The van der Waals surface area contributed by atoms with Crippen LogP contribution in [-0.2, 0) is 4.74 Å². The van der Waals surface area contributed by atoms with Crippen molar-refractivity contribution in [2.75, 3.05) is 32.1 Å². The molecule has 5 nitrogen and oxygen atoms in total. The van der Waals surface area contributed by atoms with E-state index in [2.05, 4.69) is 26.2 Å². The summed E-state index contributed by atoms with van der Waals surface area (Å²) in [5.74, 6) is 0.548. The number of aromatic nitrogens is 1. The van der Waals surface area contributed by atoms with Crippen LogP contribution in [0.4, 0.5) is 5.82 Å². The summed E-state index contributed by atoms with van der Waals surface area (Å²) in [4.78, 5) is 18.4. The van der Waals surface area contributed by atoms with Gasteiger partial charge in [-0.05, 0) is 41.3 Å². The number of ether oxygens (including phenoxy) is 1. The fourth-order valence-corrected chi connectivity index (χ4v) is 2.56. The number of nitrogens with one attached hydrogen (secondary N) is 1. The second-order valence-electron chi connectivity index (χ2n) is 5.12. The number of carbonyl (C=O) groups is 1. The molecule has 1 fully saturated rings. The molecule has 0 bridgehead atoms. The van der Waals surface area contributed by atoms with Gasteiger partial charge in [-0.25, -0.2) is 4.98 Å². The second-order valence-corrected chi connectivity index (χ2v) is 6.03. The number of nitrogens with zero attached hydrogens (tertiary/aromatic N) is 2. The number of amides is 1. The van der Waals surface area contributed by atoms with Crippen molar-refractivity contribution in [2.45, 2.75) is 25.4 Å². The van der Waals surface area contributed by atoms with E-state index in [1.807, 2.05) is 19.0 Å². The third-order valence-corrected chi connectivity index (χ3v) is 3.70. The molecule has 1 atom stereocenters. The van der Waals surface area contributed by atoms with Crippen LogP contribution in [0.1, 0.15) is 29.6 Å². The van der Waals surface area contributed by atoms with E-state index in [0.717, 1.165) is 23.9 Å². The monoisotopic (exact) mass is 341 g/mol. The molecule has 20 heavy (non-hydrogen) atoms. The minimum Gasteiger partial charge on any atom is -0.376 e. The van der Waals surface area contributed by atoms with E-state index in [0.29, 0.717) is 17.9 Å². The molecule has 1 N–H and O–H groups in total. The van der Waals surface area contributed by atoms with Crippen LogP contribution in [0.5, 0.6) is 0 Å². The number of hydrogen-bond donors (Lipinski definition) is 1. The zero-order valence-electron chi connectivity index (χ0n) is 11.9. The van der Waals surface area contributed by atoms with Crippen molar-refractivity contribution >= 4 is 27.7 Å². The number of rotatable bonds is 4. The van der Waals surface area contributed by atoms with Crippen molar-refractivity contribution in [3.8, 4) is 0 Å². The van der Waals surface area contributed by atoms with Crippen molar-refractivity contribution in [3.63, 3.8) is 0 Å². The second kappa shape index (κ2) is 7.04. The van der Waals surface area contributed by atoms with Crippen molar-refractivity contribution in [1.82, 2.24) is 10.3 Å². The summed E-state index contributed by atoms with van der Waals surface area (Å²) < 4.78 is 6.41. The van der Waals surface area contributed by atoms with Gasteiger partial charge in [-0.1, -0.05) is 0 Å². The molecule has 0 radical (unpaired) electrons. The van der Waals surface area contributed by atoms with Gasteiger partial charge >= 0.3 is 0 Å². The molecule has 0 saturated carbocycles. The predicted molar refractivity (Wildman–Crippen MR) is 82.2 cm³/mol. The van der Waals surface area contributed by atoms with Crippen molar-refractivity contribution in [1.29, 1.82) is 0 Å². The fraction of sp³-hybridized carbons (Fsp3) is 0.571. The molecule has 1 aromatic heterocycles. The molecule has 0 aliphatic carbocycles. The third-order valence-electron chi connectivity index (χ3n) is 3.27. The lowest BCUT2D eigenvalue weighted by atomic mass is 10.1. The van der Waals surface area contributed by atoms with Crippen molar-refractivity contribution < 1.29 is 9.53 Å². The summed E-state index contributed by atoms with van der Waals surface area (Å²) >= 11 is 3.36. The van der Waals surface area contributed by atoms with Crippen LogP contribution >= 0.6 is 15.9 Å². The first-order chi connectivity index (χ1) is 9.58. The number of carbonyl (C=O) groups excluding carboxylic acids is 1. The lowest BCUT2D eigenvalue weighted by molar-refractivity contribution is 0.0169. The van der Waals surface area contributed by atoms with Crippen LogP contribution in [0, 0.1) is 0 Å². The summed E-state index contributed by atoms with van der Waals surface area (Å²) in [6.45, 7) is 1.35. The first-order valence-electron chi connectivity index (χ1n) is 6.80. The standard InChI is InChI=1S/C14H20BrN3O2/c1-18(2)13-12(7-10(15)8-16-13)14(19)17-9-11-5-3-4-6-20-11/h7-8,11H,3-6,9H2,1-2H3,(H,17,19). The predicted octanol–water partition coefficient (Wildman–Crippen LogP) is 2.21. The maximum Gasteiger partial charge on any atom is 0.255 e. The lowest BCUT2D eigenvalue weighted by Crippen LogP contribution is -2.36. The minimum absolute atomic E-state index is 0.114. The van der Waals surface area contributed by atoms with E-state index in [9.17, 15) is 4.79 Å². The Morgan fingerprint density at radius 3 is 3.00 bits per heavy atom. The Labute approximate surface area is 127 Å². The highest BCUT2D eigenvalue weighted by Gasteiger charge is 2.18. The molecule has 2 heterocycles. The summed E-state index contributed by atoms with van der Waals surface area (Å²) in [6, 6.07) is 1.79. The minimum atomic E-state index is -0.114. The molecule has 6 heteroatoms. The Morgan fingerprint density at radius 2 is 2.35 bits per heavy atom. The van der Waals surface area contributed by atoms with Gasteiger partial charge in [0.15, 0.2) is 0 Å². The van der Waals surface area contributed by atoms with Gasteiger partial charge in [-0.2, -0.15) is 0 Å². The number of halogens is 1. The number of pyridine rings is 1. The fourth-order valence-electron chi connectivity index (χ4n) is 2.23. The largest absolute Gasteiger partial charge is 0.376 e. The molecule has 1 aliphatic rings. The van der Waals surface area contributed by atoms with Crippen LogP contribution in [0.15, 0.2) is 16.7 Å². The average Bonchev–Trinajstić information content (AvgIpc) is 2.45. The zero-order valence-corrected chi connectivity index (χ0v) is 13.4. The molecule has 2 rings (SSSR count). The van der Waals surface area contributed by atoms with E-state index >= 15 is 0 Å². The first kappa shape index (κ1) is 15.3. The smallest absolute Gasteiger partial charge is 0.255 e. The quantitative estimate of drug-likeness (QED) is 0.912. The summed E-state index contributed by atoms with van der Waals surface area (Å²) in [7, 11) is 3.74. The van der Waals surface area contributed by atoms with Gasteiger partial charge in [-0.3, -0.25) is 4.79 Å². The van der Waals surface area contributed by atoms with Crippen LogP contribution in [0.2, 0.25) is 0 Å². The van der Waals surface area contributed by atoms with Gasteiger partial charge in [0.25, 0.3) is 5.91 Å². The Kier molecular flexibility index (Phi) is 5.37. The van der Waals surface area contributed by atoms with Gasteiger partial charge in [0.1, 0.15) is 5.82 Å². The highest BCUT2D eigenvalue weighted by Crippen LogP contribution is 2.20. The van der Waals surface area contributed by atoms with Gasteiger partial charge in [0, 0.05) is 37.9 Å². The van der Waals surface area contributed by atoms with Gasteiger partial charge in [-0.15, -0.1) is 0 Å². The SMILES string of the molecule is CN(C)c1ncc(Br)cc1C(=O)NCC1CCCCO1. The summed E-state index contributed by atoms with van der Waals surface area (Å²) in [5, 5.41) is 2.94. The third kappa shape index (κ3) is 3.93. The van der Waals surface area contributed by atoms with E-state index < -0.39 is 0 Å². The summed E-state index contributed by atoms with van der Waals surface area (Å²) in [6.07, 6.45) is 5.12. The van der Waals surface area contributed by atoms with Crippen molar-refractivity contribution in [2.24, 2.45) is 0 Å².